The fraction of sp³-hybridized carbons (Fsp3) is 0.923. The molecule has 0 bridgehead atoms. The fourth-order valence-corrected chi connectivity index (χ4v) is 2.52. The molecule has 4 nitrogen and oxygen atoms in total. The van der Waals surface area contributed by atoms with Gasteiger partial charge in [0, 0.05) is 19.6 Å². The van der Waals surface area contributed by atoms with Crippen LogP contribution in [-0.2, 0) is 9.53 Å². The molecular weight excluding hydrogens is 252 g/mol. The monoisotopic (exact) mass is 276 g/mol. The van der Waals surface area contributed by atoms with Crippen LogP contribution in [0.1, 0.15) is 32.6 Å². The summed E-state index contributed by atoms with van der Waals surface area (Å²) in [6, 6.07) is 0. The maximum atomic E-state index is 8.81. The summed E-state index contributed by atoms with van der Waals surface area (Å²) in [7, 11) is 0. The third-order valence-electron chi connectivity index (χ3n) is 3.35. The summed E-state index contributed by atoms with van der Waals surface area (Å²) in [5, 5.41) is 3.42. The predicted octanol–water partition coefficient (Wildman–Crippen LogP) is 1.83. The summed E-state index contributed by atoms with van der Waals surface area (Å²) in [5.74, 6) is 0.729. The second-order valence-corrected chi connectivity index (χ2v) is 5.37. The van der Waals surface area contributed by atoms with E-state index in [1.54, 1.807) is 0 Å². The molecule has 0 spiro atoms. The molecule has 5 heteroatoms. The van der Waals surface area contributed by atoms with Gasteiger partial charge in [0.15, 0.2) is 0 Å². The van der Waals surface area contributed by atoms with Crippen LogP contribution in [0.15, 0.2) is 0 Å². The van der Waals surface area contributed by atoms with E-state index in [0.29, 0.717) is 6.10 Å². The van der Waals surface area contributed by atoms with E-state index < -0.39 is 0 Å². The second-order valence-electron chi connectivity index (χ2n) is 4.89. The van der Waals surface area contributed by atoms with Gasteiger partial charge in [-0.3, -0.25) is 0 Å². The highest BCUT2D eigenvalue weighted by atomic mass is 35.5. The lowest BCUT2D eigenvalue weighted by Crippen LogP contribution is -2.36. The Bertz CT molecular complexity index is 215. The minimum Gasteiger partial charge on any atom is -0.378 e. The van der Waals surface area contributed by atoms with Crippen molar-refractivity contribution >= 4 is 18.1 Å². The summed E-state index contributed by atoms with van der Waals surface area (Å²) in [6.45, 7) is 6.62. The van der Waals surface area contributed by atoms with Crippen molar-refractivity contribution in [1.29, 1.82) is 0 Å². The number of ether oxygens (including phenoxy) is 1. The Kier molecular flexibility index (Phi) is 8.59. The molecule has 2 rings (SSSR count). The Morgan fingerprint density at radius 2 is 2.06 bits per heavy atom. The molecule has 2 saturated heterocycles. The minimum absolute atomic E-state index is 0.446. The number of carbonyl (C=O) groups is 1. The second kappa shape index (κ2) is 9.73. The lowest BCUT2D eigenvalue weighted by atomic mass is 10.0. The molecule has 0 aromatic rings. The van der Waals surface area contributed by atoms with Gasteiger partial charge in [-0.15, -0.1) is 0 Å². The van der Waals surface area contributed by atoms with Crippen molar-refractivity contribution in [3.63, 3.8) is 0 Å². The van der Waals surface area contributed by atoms with Crippen LogP contribution in [-0.4, -0.2) is 49.6 Å². The van der Waals surface area contributed by atoms with Gasteiger partial charge in [-0.05, 0) is 56.8 Å². The number of nitrogens with zero attached hydrogens (tertiary/aromatic N) is 1. The normalized spacial score (nSPS) is 26.2. The number of piperidine rings is 2. The van der Waals surface area contributed by atoms with Gasteiger partial charge in [-0.2, -0.15) is 0 Å². The van der Waals surface area contributed by atoms with Gasteiger partial charge in [-0.25, -0.2) is 4.42 Å². The summed E-state index contributed by atoms with van der Waals surface area (Å²) < 4.78 is 7.81. The Labute approximate surface area is 115 Å². The van der Waals surface area contributed by atoms with Crippen molar-refractivity contribution in [2.75, 3.05) is 32.8 Å². The Morgan fingerprint density at radius 1 is 1.39 bits per heavy atom. The van der Waals surface area contributed by atoms with Crippen LogP contribution in [0.25, 0.3) is 0 Å². The van der Waals surface area contributed by atoms with E-state index in [2.05, 4.69) is 5.32 Å². The summed E-state index contributed by atoms with van der Waals surface area (Å²) in [4.78, 5) is 8.81. The van der Waals surface area contributed by atoms with E-state index in [1.165, 1.54) is 26.3 Å². The quantitative estimate of drug-likeness (QED) is 0.631. The molecular formula is C13H25ClN2O2. The molecule has 0 aromatic heterocycles. The number of aldehydes is 1. The third-order valence-corrected chi connectivity index (χ3v) is 3.69. The van der Waals surface area contributed by atoms with Gasteiger partial charge in [0.1, 0.15) is 6.29 Å². The molecule has 1 N–H and O–H groups in total. The van der Waals surface area contributed by atoms with Crippen molar-refractivity contribution in [3.05, 3.63) is 0 Å². The zero-order valence-corrected chi connectivity index (χ0v) is 12.0. The van der Waals surface area contributed by atoms with E-state index >= 15 is 0 Å². The van der Waals surface area contributed by atoms with Gasteiger partial charge in [-0.1, -0.05) is 0 Å². The number of carbonyl (C=O) groups excluding carboxylic acids is 1. The molecule has 0 saturated carbocycles. The summed E-state index contributed by atoms with van der Waals surface area (Å²) in [5.41, 5.74) is 0. The number of nitrogens with one attached hydrogen (secondary N) is 1. The van der Waals surface area contributed by atoms with E-state index in [1.807, 2.05) is 4.42 Å². The highest BCUT2D eigenvalue weighted by Gasteiger charge is 2.20. The van der Waals surface area contributed by atoms with Crippen LogP contribution < -0.4 is 5.32 Å². The molecule has 106 valence electrons. The molecule has 0 aliphatic carbocycles. The molecule has 2 fully saturated rings. The average Bonchev–Trinajstić information content (AvgIpc) is 2.40. The zero-order valence-electron chi connectivity index (χ0n) is 11.2. The van der Waals surface area contributed by atoms with Crippen LogP contribution >= 0.6 is 11.8 Å². The molecule has 1 atom stereocenters. The minimum atomic E-state index is 0.446. The molecule has 0 radical (unpaired) electrons. The first kappa shape index (κ1) is 15.9. The Balaban J connectivity index is 0.000000492. The topological polar surface area (TPSA) is 41.6 Å². The van der Waals surface area contributed by atoms with Crippen molar-refractivity contribution in [3.8, 4) is 0 Å². The maximum absolute atomic E-state index is 8.81. The predicted molar refractivity (Wildman–Crippen MR) is 73.7 cm³/mol. The lowest BCUT2D eigenvalue weighted by Gasteiger charge is -2.29. The average molecular weight is 277 g/mol. The molecule has 1 unspecified atom stereocenters. The SMILES string of the molecule is CC=O.ClN1CCC(OCC2CCCNC2)CC1. The lowest BCUT2D eigenvalue weighted by molar-refractivity contribution is -0.106. The standard InChI is InChI=1S/C11H21ClN2O.C2H4O/c12-14-6-3-11(4-7-14)15-9-10-2-1-5-13-8-10;1-2-3/h10-11,13H,1-9H2;2H,1H3. The number of halogens is 1. The highest BCUT2D eigenvalue weighted by molar-refractivity contribution is 6.13. The third kappa shape index (κ3) is 6.69. The smallest absolute Gasteiger partial charge is 0.116 e. The Morgan fingerprint density at radius 3 is 2.61 bits per heavy atom. The van der Waals surface area contributed by atoms with Gasteiger partial charge < -0.3 is 14.8 Å². The first-order valence-corrected chi connectivity index (χ1v) is 7.23. The van der Waals surface area contributed by atoms with E-state index in [-0.39, 0.29) is 0 Å². The van der Waals surface area contributed by atoms with Crippen LogP contribution in [0, 0.1) is 5.92 Å². The van der Waals surface area contributed by atoms with Gasteiger partial charge in [0.05, 0.1) is 12.7 Å². The maximum Gasteiger partial charge on any atom is 0.116 e. The fourth-order valence-electron chi connectivity index (χ4n) is 2.33. The first-order valence-electron chi connectivity index (χ1n) is 6.89. The summed E-state index contributed by atoms with van der Waals surface area (Å²) in [6.07, 6.45) is 5.99. The van der Waals surface area contributed by atoms with Gasteiger partial charge >= 0.3 is 0 Å². The number of hydrogen-bond acceptors (Lipinski definition) is 4. The van der Waals surface area contributed by atoms with Crippen molar-refractivity contribution in [1.82, 2.24) is 9.74 Å². The van der Waals surface area contributed by atoms with Crippen LogP contribution in [0.5, 0.6) is 0 Å². The Hall–Kier alpha value is -0.160. The molecule has 2 heterocycles. The zero-order chi connectivity index (χ0) is 13.2. The van der Waals surface area contributed by atoms with Crippen molar-refractivity contribution in [2.24, 2.45) is 5.92 Å². The van der Waals surface area contributed by atoms with Crippen LogP contribution in [0.2, 0.25) is 0 Å². The van der Waals surface area contributed by atoms with E-state index in [9.17, 15) is 0 Å². The first-order chi connectivity index (χ1) is 8.76. The van der Waals surface area contributed by atoms with Gasteiger partial charge in [0.25, 0.3) is 0 Å². The summed E-state index contributed by atoms with van der Waals surface area (Å²) >= 11 is 5.90. The van der Waals surface area contributed by atoms with Crippen molar-refractivity contribution < 1.29 is 9.53 Å². The highest BCUT2D eigenvalue weighted by Crippen LogP contribution is 2.17. The van der Waals surface area contributed by atoms with E-state index in [0.717, 1.165) is 51.3 Å². The molecule has 0 amide bonds. The molecule has 2 aliphatic rings. The molecule has 2 aliphatic heterocycles. The molecule has 0 aromatic carbocycles. The van der Waals surface area contributed by atoms with Crippen molar-refractivity contribution in [2.45, 2.75) is 38.7 Å². The van der Waals surface area contributed by atoms with E-state index in [4.69, 9.17) is 21.3 Å². The number of rotatable bonds is 3. The van der Waals surface area contributed by atoms with Crippen LogP contribution in [0.3, 0.4) is 0 Å². The van der Waals surface area contributed by atoms with Gasteiger partial charge in [0.2, 0.25) is 0 Å². The largest absolute Gasteiger partial charge is 0.378 e. The molecule has 18 heavy (non-hydrogen) atoms. The number of hydrogen-bond donors (Lipinski definition) is 1. The van der Waals surface area contributed by atoms with Crippen LogP contribution in [0.4, 0.5) is 0 Å².